The van der Waals surface area contributed by atoms with Crippen molar-refractivity contribution in [1.29, 1.82) is 0 Å². The Labute approximate surface area is 295 Å². The Bertz CT molecular complexity index is 2390. The van der Waals surface area contributed by atoms with Crippen molar-refractivity contribution in [2.45, 2.75) is 41.5 Å². The molecule has 48 heavy (non-hydrogen) atoms. The van der Waals surface area contributed by atoms with E-state index in [1.54, 1.807) is 6.26 Å². The van der Waals surface area contributed by atoms with Crippen molar-refractivity contribution in [2.24, 2.45) is 0 Å². The van der Waals surface area contributed by atoms with Crippen LogP contribution in [0.5, 0.6) is 0 Å². The van der Waals surface area contributed by atoms with Crippen molar-refractivity contribution in [2.75, 3.05) is 0 Å². The summed E-state index contributed by atoms with van der Waals surface area (Å²) in [6.07, 6.45) is 5.48. The number of hydrogen-bond donors (Lipinski definition) is 0. The maximum atomic E-state index is 5.71. The van der Waals surface area contributed by atoms with Gasteiger partial charge in [0.05, 0.1) is 5.58 Å². The van der Waals surface area contributed by atoms with Gasteiger partial charge >= 0.3 is 0 Å². The van der Waals surface area contributed by atoms with Gasteiger partial charge in [0.2, 0.25) is 0 Å². The monoisotopic (exact) mass is 802 g/mol. The molecule has 0 bridgehead atoms. The van der Waals surface area contributed by atoms with Crippen LogP contribution in [0, 0.1) is 53.7 Å². The molecule has 0 aliphatic rings. The van der Waals surface area contributed by atoms with Gasteiger partial charge in [-0.2, -0.15) is 0 Å². The normalized spacial score (nSPS) is 11.0. The quantitative estimate of drug-likeness (QED) is 0.167. The van der Waals surface area contributed by atoms with Crippen LogP contribution >= 0.6 is 0 Å². The van der Waals surface area contributed by atoms with E-state index >= 15 is 0 Å². The van der Waals surface area contributed by atoms with Crippen LogP contribution in [-0.4, -0.2) is 15.0 Å². The van der Waals surface area contributed by atoms with E-state index in [0.717, 1.165) is 55.6 Å². The second kappa shape index (κ2) is 13.6. The van der Waals surface area contributed by atoms with Crippen LogP contribution in [0.15, 0.2) is 108 Å². The van der Waals surface area contributed by atoms with Gasteiger partial charge in [0.25, 0.3) is 0 Å². The molecular formula is C43H35IrN3O-2. The van der Waals surface area contributed by atoms with Gasteiger partial charge in [0.15, 0.2) is 0 Å². The summed E-state index contributed by atoms with van der Waals surface area (Å²) in [5.74, 6) is 0. The van der Waals surface area contributed by atoms with E-state index in [2.05, 4.69) is 123 Å². The van der Waals surface area contributed by atoms with Gasteiger partial charge in [0.1, 0.15) is 0 Å². The minimum Gasteiger partial charge on any atom is -0.506 e. The van der Waals surface area contributed by atoms with Crippen LogP contribution in [0.3, 0.4) is 0 Å². The van der Waals surface area contributed by atoms with Gasteiger partial charge in [-0.15, -0.1) is 41.0 Å². The first-order valence-electron chi connectivity index (χ1n) is 15.8. The Hall–Kier alpha value is -4.96. The Morgan fingerprint density at radius 3 is 2.23 bits per heavy atom. The van der Waals surface area contributed by atoms with Gasteiger partial charge in [0, 0.05) is 55.7 Å². The number of aryl methyl sites for hydroxylation is 6. The third-order valence-electron chi connectivity index (χ3n) is 8.86. The van der Waals surface area contributed by atoms with Crippen molar-refractivity contribution in [3.05, 3.63) is 149 Å². The van der Waals surface area contributed by atoms with Gasteiger partial charge in [-0.05, 0) is 79.1 Å². The van der Waals surface area contributed by atoms with Crippen molar-refractivity contribution in [1.82, 2.24) is 15.0 Å². The van der Waals surface area contributed by atoms with Crippen LogP contribution in [0.2, 0.25) is 0 Å². The van der Waals surface area contributed by atoms with E-state index in [-0.39, 0.29) is 20.1 Å². The molecule has 0 aliphatic carbocycles. The number of furan rings is 1. The van der Waals surface area contributed by atoms with Crippen LogP contribution in [0.4, 0.5) is 0 Å². The minimum absolute atomic E-state index is 0. The first-order chi connectivity index (χ1) is 22.7. The topological polar surface area (TPSA) is 51.8 Å². The molecule has 8 aromatic rings. The molecule has 0 aliphatic heterocycles. The van der Waals surface area contributed by atoms with E-state index in [1.807, 2.05) is 37.5 Å². The smallest absolute Gasteiger partial charge is 0.0847 e. The molecule has 0 amide bonds. The maximum absolute atomic E-state index is 5.71. The van der Waals surface area contributed by atoms with Gasteiger partial charge in [-0.3, -0.25) is 9.97 Å². The first-order valence-corrected chi connectivity index (χ1v) is 15.8. The molecule has 0 saturated heterocycles. The SMILES string of the molecule is Cc1c[c-]c(-c2cc(C)c(C)cn2)cc1C.Cc1ccc2cc(-c3ccnc(-c4[c-]c5ccoc5c5nc(C)ccc45)c3)ccc2c1.[Ir]. The summed E-state index contributed by atoms with van der Waals surface area (Å²) in [7, 11) is 0. The van der Waals surface area contributed by atoms with Gasteiger partial charge in [-0.1, -0.05) is 95.9 Å². The number of pyridine rings is 3. The molecule has 0 unspecified atom stereocenters. The maximum Gasteiger partial charge on any atom is 0.0847 e. The molecule has 0 saturated carbocycles. The van der Waals surface area contributed by atoms with Gasteiger partial charge < -0.3 is 9.40 Å². The summed E-state index contributed by atoms with van der Waals surface area (Å²) >= 11 is 0. The summed E-state index contributed by atoms with van der Waals surface area (Å²) in [4.78, 5) is 13.9. The molecule has 239 valence electrons. The largest absolute Gasteiger partial charge is 0.506 e. The van der Waals surface area contributed by atoms with E-state index in [0.29, 0.717) is 0 Å². The van der Waals surface area contributed by atoms with E-state index in [9.17, 15) is 0 Å². The number of nitrogens with zero attached hydrogens (tertiary/aromatic N) is 3. The third-order valence-corrected chi connectivity index (χ3v) is 8.86. The molecule has 5 heteroatoms. The van der Waals surface area contributed by atoms with Crippen molar-refractivity contribution in [3.8, 4) is 33.6 Å². The van der Waals surface area contributed by atoms with Crippen LogP contribution < -0.4 is 0 Å². The molecule has 0 atom stereocenters. The van der Waals surface area contributed by atoms with E-state index in [1.165, 1.54) is 44.2 Å². The second-order valence-electron chi connectivity index (χ2n) is 12.4. The summed E-state index contributed by atoms with van der Waals surface area (Å²) in [6, 6.07) is 36.4. The average Bonchev–Trinajstić information content (AvgIpc) is 3.56. The zero-order valence-corrected chi connectivity index (χ0v) is 30.3. The predicted octanol–water partition coefficient (Wildman–Crippen LogP) is 11.1. The number of aromatic nitrogens is 3. The molecule has 4 heterocycles. The Morgan fingerprint density at radius 2 is 1.42 bits per heavy atom. The molecule has 0 spiro atoms. The third kappa shape index (κ3) is 6.57. The fourth-order valence-corrected chi connectivity index (χ4v) is 5.81. The average molecular weight is 802 g/mol. The predicted molar refractivity (Wildman–Crippen MR) is 193 cm³/mol. The molecular weight excluding hydrogens is 767 g/mol. The molecule has 4 nitrogen and oxygen atoms in total. The summed E-state index contributed by atoms with van der Waals surface area (Å²) in [6.45, 7) is 12.5. The molecule has 4 aromatic heterocycles. The number of benzene rings is 4. The minimum atomic E-state index is 0. The van der Waals surface area contributed by atoms with Crippen LogP contribution in [0.25, 0.3) is 66.3 Å². The van der Waals surface area contributed by atoms with Crippen LogP contribution in [-0.2, 0) is 20.1 Å². The number of fused-ring (bicyclic) bond motifs is 4. The Balaban J connectivity index is 0.000000201. The first kappa shape index (κ1) is 33.0. The summed E-state index contributed by atoms with van der Waals surface area (Å²) in [5, 5.41) is 4.39. The van der Waals surface area contributed by atoms with Crippen molar-refractivity contribution < 1.29 is 24.5 Å². The fourth-order valence-electron chi connectivity index (χ4n) is 5.81. The number of rotatable bonds is 3. The van der Waals surface area contributed by atoms with Crippen molar-refractivity contribution in [3.63, 3.8) is 0 Å². The molecule has 4 aromatic carbocycles. The zero-order chi connectivity index (χ0) is 32.7. The molecule has 0 N–H and O–H groups in total. The Morgan fingerprint density at radius 1 is 0.646 bits per heavy atom. The second-order valence-corrected chi connectivity index (χ2v) is 12.4. The van der Waals surface area contributed by atoms with E-state index in [4.69, 9.17) is 9.40 Å². The van der Waals surface area contributed by atoms with Gasteiger partial charge in [-0.25, -0.2) is 0 Å². The summed E-state index contributed by atoms with van der Waals surface area (Å²) < 4.78 is 5.71. The standard InChI is InChI=1S/C28H19N2O.C15H16N.Ir/c1-17-3-5-20-14-21(7-6-19(20)13-17)22-9-11-29-26(16-22)25-15-23-10-12-31-28(23)27-24(25)8-4-18(2)30-27;1-10-5-6-14(7-11(10)2)15-8-12(3)13(4)9-16-15;/h3-14,16H,1-2H3;5,7-9H,1-4H3;/q2*-1;. The number of hydrogen-bond acceptors (Lipinski definition) is 4. The zero-order valence-electron chi connectivity index (χ0n) is 27.9. The van der Waals surface area contributed by atoms with Crippen LogP contribution in [0.1, 0.15) is 33.5 Å². The van der Waals surface area contributed by atoms with Crippen molar-refractivity contribution >= 4 is 32.6 Å². The Kier molecular flexibility index (Phi) is 9.37. The molecule has 1 radical (unpaired) electrons. The molecule has 8 rings (SSSR count). The molecule has 0 fully saturated rings. The fraction of sp³-hybridized carbons (Fsp3) is 0.140. The van der Waals surface area contributed by atoms with E-state index < -0.39 is 0 Å². The summed E-state index contributed by atoms with van der Waals surface area (Å²) in [5.41, 5.74) is 15.1.